The minimum atomic E-state index is -2.63. The van der Waals surface area contributed by atoms with Crippen molar-refractivity contribution in [3.8, 4) is 0 Å². The molecule has 30 heavy (non-hydrogen) atoms. The summed E-state index contributed by atoms with van der Waals surface area (Å²) in [6.07, 6.45) is 11.1. The van der Waals surface area contributed by atoms with Crippen molar-refractivity contribution >= 4 is 35.7 Å². The van der Waals surface area contributed by atoms with Crippen LogP contribution in [0.25, 0.3) is 0 Å². The molecule has 0 bridgehead atoms. The van der Waals surface area contributed by atoms with Gasteiger partial charge in [-0.15, -0.1) is 0 Å². The summed E-state index contributed by atoms with van der Waals surface area (Å²) < 4.78 is 22.7. The molecule has 0 saturated carbocycles. The Balaban J connectivity index is 3.84. The molecule has 0 spiro atoms. The first-order chi connectivity index (χ1) is 14.1. The maximum absolute atomic E-state index is 11.9. The predicted octanol–water partition coefficient (Wildman–Crippen LogP) is 5.36. The summed E-state index contributed by atoms with van der Waals surface area (Å²) in [5.41, 5.74) is -2.63. The first kappa shape index (κ1) is 30.3. The van der Waals surface area contributed by atoms with Gasteiger partial charge < -0.3 is 23.0 Å². The van der Waals surface area contributed by atoms with E-state index in [2.05, 4.69) is 40.3 Å². The lowest BCUT2D eigenvalue weighted by Crippen LogP contribution is -2.37. The van der Waals surface area contributed by atoms with Gasteiger partial charge in [0.25, 0.3) is 0 Å². The molecule has 0 amide bonds. The van der Waals surface area contributed by atoms with Crippen LogP contribution >= 0.6 is 17.9 Å². The minimum Gasteiger partial charge on any atom is -0.463 e. The molecule has 0 aliphatic rings. The van der Waals surface area contributed by atoms with E-state index < -0.39 is 5.69 Å². The number of ether oxygens (including phenoxy) is 2. The number of rotatable bonds is 20. The van der Waals surface area contributed by atoms with Crippen LogP contribution in [-0.2, 0) is 35.1 Å². The molecule has 180 valence electrons. The van der Waals surface area contributed by atoms with Crippen LogP contribution in [0.1, 0.15) is 71.1 Å². The minimum absolute atomic E-state index is 0.148. The van der Waals surface area contributed by atoms with E-state index in [9.17, 15) is 4.79 Å². The van der Waals surface area contributed by atoms with E-state index in [0.29, 0.717) is 13.0 Å². The van der Waals surface area contributed by atoms with Gasteiger partial charge >= 0.3 is 5.97 Å². The fourth-order valence-electron chi connectivity index (χ4n) is 2.67. The third-order valence-electron chi connectivity index (χ3n) is 4.69. The summed E-state index contributed by atoms with van der Waals surface area (Å²) in [7, 11) is 7.80. The highest BCUT2D eigenvalue weighted by Crippen LogP contribution is 2.53. The molecular formula is C21H45NO5PS2+. The normalized spacial score (nSPS) is 15.0. The Morgan fingerprint density at radius 2 is 1.53 bits per heavy atom. The summed E-state index contributed by atoms with van der Waals surface area (Å²) >= 11 is 9.66. The van der Waals surface area contributed by atoms with Crippen molar-refractivity contribution in [3.63, 3.8) is 0 Å². The van der Waals surface area contributed by atoms with Crippen molar-refractivity contribution in [1.29, 1.82) is 0 Å². The second kappa shape index (κ2) is 17.8. The smallest absolute Gasteiger partial charge is 0.305 e. The van der Waals surface area contributed by atoms with Gasteiger partial charge in [-0.05, 0) is 18.2 Å². The highest BCUT2D eigenvalue weighted by molar-refractivity contribution is 8.60. The van der Waals surface area contributed by atoms with Gasteiger partial charge in [0, 0.05) is 13.5 Å². The zero-order chi connectivity index (χ0) is 22.9. The molecule has 0 aromatic heterocycles. The Hall–Kier alpha value is 0.310. The summed E-state index contributed by atoms with van der Waals surface area (Å²) in [6, 6.07) is 0. The third kappa shape index (κ3) is 20.2. The van der Waals surface area contributed by atoms with E-state index in [1.165, 1.54) is 44.9 Å². The van der Waals surface area contributed by atoms with Crippen LogP contribution in [0.2, 0.25) is 0 Å². The van der Waals surface area contributed by atoms with E-state index in [0.717, 1.165) is 23.9 Å². The van der Waals surface area contributed by atoms with Crippen LogP contribution in [-0.4, -0.2) is 71.2 Å². The first-order valence-electron chi connectivity index (χ1n) is 11.2. The second-order valence-corrected chi connectivity index (χ2v) is 14.0. The van der Waals surface area contributed by atoms with Crippen LogP contribution in [0.3, 0.4) is 0 Å². The molecule has 9 heteroatoms. The molecule has 0 radical (unpaired) electrons. The van der Waals surface area contributed by atoms with Crippen LogP contribution in [0.15, 0.2) is 0 Å². The number of carbonyl (C=O) groups is 1. The molecular weight excluding hydrogens is 441 g/mol. The number of carbonyl (C=O) groups excluding carboxylic acids is 1. The summed E-state index contributed by atoms with van der Waals surface area (Å²) in [5.74, 6) is -0.190. The SMILES string of the molecule is CCCCCCCCCCCC(=O)OC[C@H](COP(=S)(S)OCC[N+](C)(C)C)OC. The number of esters is 1. The summed E-state index contributed by atoms with van der Waals surface area (Å²) in [6.45, 7) is 3.86. The molecule has 6 nitrogen and oxygen atoms in total. The molecule has 2 atom stereocenters. The summed E-state index contributed by atoms with van der Waals surface area (Å²) in [5, 5.41) is 0. The number of quaternary nitrogens is 1. The van der Waals surface area contributed by atoms with Crippen LogP contribution in [0, 0.1) is 0 Å². The Labute approximate surface area is 195 Å². The number of hydrogen-bond donors (Lipinski definition) is 1. The predicted molar refractivity (Wildman–Crippen MR) is 132 cm³/mol. The third-order valence-corrected chi connectivity index (χ3v) is 7.00. The van der Waals surface area contributed by atoms with Crippen molar-refractivity contribution in [2.24, 2.45) is 0 Å². The fourth-order valence-corrected chi connectivity index (χ4v) is 4.26. The topological polar surface area (TPSA) is 54.0 Å². The number of nitrogens with zero attached hydrogens (tertiary/aromatic N) is 1. The molecule has 0 aliphatic heterocycles. The van der Waals surface area contributed by atoms with Gasteiger partial charge in [0.05, 0.1) is 27.7 Å². The standard InChI is InChI=1S/C21H44NO5PS2/c1-6-7-8-9-10-11-12-13-14-15-21(23)25-18-20(24-5)19-27-28(29,30)26-17-16-22(2,3)4/h20H,6-19H2,1-5H3/p+1/t20-/m1/s1. The van der Waals surface area contributed by atoms with Crippen LogP contribution < -0.4 is 0 Å². The van der Waals surface area contributed by atoms with Gasteiger partial charge in [-0.25, -0.2) is 0 Å². The molecule has 0 rings (SSSR count). The quantitative estimate of drug-likeness (QED) is 0.0822. The maximum Gasteiger partial charge on any atom is 0.305 e. The molecule has 1 unspecified atom stereocenters. The highest BCUT2D eigenvalue weighted by atomic mass is 32.9. The molecule has 0 aliphatic carbocycles. The second-order valence-electron chi connectivity index (χ2n) is 8.73. The lowest BCUT2D eigenvalue weighted by atomic mass is 10.1. The zero-order valence-corrected chi connectivity index (χ0v) is 22.4. The summed E-state index contributed by atoms with van der Waals surface area (Å²) in [4.78, 5) is 11.9. The molecule has 0 aromatic carbocycles. The van der Waals surface area contributed by atoms with Crippen molar-refractivity contribution in [2.75, 3.05) is 54.6 Å². The van der Waals surface area contributed by atoms with E-state index >= 15 is 0 Å². The van der Waals surface area contributed by atoms with Gasteiger partial charge in [0.15, 0.2) is 0 Å². The fraction of sp³-hybridized carbons (Fsp3) is 0.952. The average Bonchev–Trinajstić information content (AvgIpc) is 2.65. The van der Waals surface area contributed by atoms with Crippen molar-refractivity contribution in [3.05, 3.63) is 0 Å². The van der Waals surface area contributed by atoms with Crippen molar-refractivity contribution < 1.29 is 27.8 Å². The van der Waals surface area contributed by atoms with E-state index in [1.54, 1.807) is 7.11 Å². The van der Waals surface area contributed by atoms with Crippen molar-refractivity contribution in [1.82, 2.24) is 0 Å². The number of hydrogen-bond acceptors (Lipinski definition) is 6. The van der Waals surface area contributed by atoms with Gasteiger partial charge in [-0.2, -0.15) is 0 Å². The van der Waals surface area contributed by atoms with E-state index in [-0.39, 0.29) is 25.3 Å². The first-order valence-corrected chi connectivity index (χ1v) is 15.0. The number of likely N-dealkylation sites (N-methyl/N-ethyl adjacent to an activating group) is 1. The Morgan fingerprint density at radius 1 is 0.967 bits per heavy atom. The Bertz CT molecular complexity index is 489. The van der Waals surface area contributed by atoms with Crippen LogP contribution in [0.5, 0.6) is 0 Å². The molecule has 0 fully saturated rings. The molecule has 0 saturated heterocycles. The monoisotopic (exact) mass is 486 g/mol. The van der Waals surface area contributed by atoms with Gasteiger partial charge in [0.1, 0.15) is 25.9 Å². The maximum atomic E-state index is 11.9. The number of methoxy groups -OCH3 is 1. The van der Waals surface area contributed by atoms with E-state index in [1.807, 2.05) is 0 Å². The van der Waals surface area contributed by atoms with E-state index in [4.69, 9.17) is 30.3 Å². The largest absolute Gasteiger partial charge is 0.463 e. The van der Waals surface area contributed by atoms with Gasteiger partial charge in [-0.3, -0.25) is 4.79 Å². The van der Waals surface area contributed by atoms with Crippen molar-refractivity contribution in [2.45, 2.75) is 77.2 Å². The number of unbranched alkanes of at least 4 members (excludes halogenated alkanes) is 8. The molecule has 0 aromatic rings. The molecule has 0 N–H and O–H groups in total. The number of thiol groups is 1. The lowest BCUT2D eigenvalue weighted by molar-refractivity contribution is -0.870. The lowest BCUT2D eigenvalue weighted by Gasteiger charge is -2.25. The molecule has 0 heterocycles. The highest BCUT2D eigenvalue weighted by Gasteiger charge is 2.20. The van der Waals surface area contributed by atoms with Gasteiger partial charge in [-0.1, -0.05) is 70.5 Å². The Morgan fingerprint density at radius 3 is 2.07 bits per heavy atom. The van der Waals surface area contributed by atoms with Gasteiger partial charge in [0.2, 0.25) is 5.69 Å². The zero-order valence-electron chi connectivity index (χ0n) is 19.8. The van der Waals surface area contributed by atoms with Crippen LogP contribution in [0.4, 0.5) is 0 Å². The average molecular weight is 487 g/mol. The Kier molecular flexibility index (Phi) is 18.0.